The number of aryl methyl sites for hydroxylation is 1. The standard InChI is InChI=1S/C30H28N6O2/c1-18-14-15-23-24(16-18)35(29(38)27-25(33-34-36(23)27)19-10-6-5-7-11-19)26(28(37)32-30(2,3)4)22-17-20-12-8-9-13-21(20)31-22/h5-17,26,31H,1-4H3,(H,32,37). The maximum Gasteiger partial charge on any atom is 0.280 e. The highest BCUT2D eigenvalue weighted by Gasteiger charge is 2.32. The molecule has 190 valence electrons. The van der Waals surface area contributed by atoms with Crippen LogP contribution in [0.5, 0.6) is 0 Å². The quantitative estimate of drug-likeness (QED) is 0.353. The van der Waals surface area contributed by atoms with E-state index >= 15 is 0 Å². The molecule has 0 spiro atoms. The molecule has 0 radical (unpaired) electrons. The molecule has 0 saturated carbocycles. The van der Waals surface area contributed by atoms with Crippen molar-refractivity contribution in [3.63, 3.8) is 0 Å². The fourth-order valence-corrected chi connectivity index (χ4v) is 5.00. The van der Waals surface area contributed by atoms with Gasteiger partial charge in [-0.1, -0.05) is 59.8 Å². The smallest absolute Gasteiger partial charge is 0.280 e. The lowest BCUT2D eigenvalue weighted by Gasteiger charge is -2.27. The number of para-hydroxylation sites is 1. The fourth-order valence-electron chi connectivity index (χ4n) is 5.00. The second-order valence-electron chi connectivity index (χ2n) is 10.7. The summed E-state index contributed by atoms with van der Waals surface area (Å²) in [5.74, 6) is -0.285. The average molecular weight is 505 g/mol. The van der Waals surface area contributed by atoms with Crippen molar-refractivity contribution in [3.8, 4) is 11.3 Å². The van der Waals surface area contributed by atoms with E-state index in [-0.39, 0.29) is 11.5 Å². The summed E-state index contributed by atoms with van der Waals surface area (Å²) in [6, 6.07) is 24.1. The highest BCUT2D eigenvalue weighted by Crippen LogP contribution is 2.29. The van der Waals surface area contributed by atoms with Crippen molar-refractivity contribution in [3.05, 3.63) is 100 Å². The van der Waals surface area contributed by atoms with Gasteiger partial charge in [0.1, 0.15) is 5.69 Å². The van der Waals surface area contributed by atoms with Gasteiger partial charge in [-0.05, 0) is 62.9 Å². The van der Waals surface area contributed by atoms with Gasteiger partial charge in [0.15, 0.2) is 11.6 Å². The van der Waals surface area contributed by atoms with Crippen LogP contribution < -0.4 is 10.9 Å². The Bertz CT molecular complexity index is 1860. The molecule has 8 nitrogen and oxygen atoms in total. The Kier molecular flexibility index (Phi) is 5.41. The first-order chi connectivity index (χ1) is 18.2. The average Bonchev–Trinajstić information content (AvgIpc) is 3.50. The Balaban J connectivity index is 1.72. The molecule has 1 amide bonds. The molecule has 3 aromatic heterocycles. The number of H-pyrrole nitrogens is 1. The minimum atomic E-state index is -0.957. The van der Waals surface area contributed by atoms with E-state index in [0.717, 1.165) is 22.0 Å². The number of rotatable bonds is 4. The van der Waals surface area contributed by atoms with Gasteiger partial charge in [0, 0.05) is 22.3 Å². The van der Waals surface area contributed by atoms with Gasteiger partial charge in [-0.3, -0.25) is 14.2 Å². The van der Waals surface area contributed by atoms with Crippen LogP contribution >= 0.6 is 0 Å². The summed E-state index contributed by atoms with van der Waals surface area (Å²) in [5.41, 5.74) is 4.46. The van der Waals surface area contributed by atoms with Crippen LogP contribution in [0.3, 0.4) is 0 Å². The summed E-state index contributed by atoms with van der Waals surface area (Å²) in [6.07, 6.45) is 0. The molecule has 3 heterocycles. The van der Waals surface area contributed by atoms with Crippen molar-refractivity contribution >= 4 is 33.4 Å². The van der Waals surface area contributed by atoms with E-state index in [4.69, 9.17) is 0 Å². The monoisotopic (exact) mass is 504 g/mol. The zero-order valence-electron chi connectivity index (χ0n) is 21.7. The maximum atomic E-state index is 14.5. The normalized spacial score (nSPS) is 12.8. The van der Waals surface area contributed by atoms with Crippen molar-refractivity contribution in [1.29, 1.82) is 0 Å². The Morgan fingerprint density at radius 3 is 2.42 bits per heavy atom. The first-order valence-electron chi connectivity index (χ1n) is 12.6. The maximum absolute atomic E-state index is 14.5. The number of aromatic amines is 1. The lowest BCUT2D eigenvalue weighted by atomic mass is 10.1. The van der Waals surface area contributed by atoms with Crippen LogP contribution in [-0.2, 0) is 4.79 Å². The van der Waals surface area contributed by atoms with Gasteiger partial charge in [0.05, 0.1) is 11.0 Å². The molecule has 1 atom stereocenters. The Morgan fingerprint density at radius 1 is 0.947 bits per heavy atom. The first-order valence-corrected chi connectivity index (χ1v) is 12.6. The summed E-state index contributed by atoms with van der Waals surface area (Å²) >= 11 is 0. The third-order valence-corrected chi connectivity index (χ3v) is 6.61. The van der Waals surface area contributed by atoms with E-state index in [1.165, 1.54) is 0 Å². The van der Waals surface area contributed by atoms with Gasteiger partial charge < -0.3 is 10.3 Å². The van der Waals surface area contributed by atoms with E-state index in [1.807, 2.05) is 107 Å². The molecule has 6 rings (SSSR count). The highest BCUT2D eigenvalue weighted by molar-refractivity contribution is 5.91. The van der Waals surface area contributed by atoms with Crippen LogP contribution in [0.1, 0.15) is 38.1 Å². The van der Waals surface area contributed by atoms with E-state index in [9.17, 15) is 9.59 Å². The lowest BCUT2D eigenvalue weighted by Crippen LogP contribution is -2.46. The number of nitrogens with zero attached hydrogens (tertiary/aromatic N) is 4. The molecule has 38 heavy (non-hydrogen) atoms. The molecule has 1 unspecified atom stereocenters. The van der Waals surface area contributed by atoms with Crippen molar-refractivity contribution in [1.82, 2.24) is 29.7 Å². The SMILES string of the molecule is Cc1ccc2c(c1)n(C(C(=O)NC(C)(C)C)c1cc3ccccc3[nH]1)c(=O)c1c(-c3ccccc3)nnn12. The molecule has 0 bridgehead atoms. The van der Waals surface area contributed by atoms with Crippen LogP contribution in [0.2, 0.25) is 0 Å². The number of aromatic nitrogens is 5. The number of nitrogens with one attached hydrogen (secondary N) is 2. The van der Waals surface area contributed by atoms with E-state index < -0.39 is 11.6 Å². The van der Waals surface area contributed by atoms with Crippen LogP contribution in [0.25, 0.3) is 38.7 Å². The van der Waals surface area contributed by atoms with Crippen molar-refractivity contribution in [2.75, 3.05) is 0 Å². The molecule has 2 N–H and O–H groups in total. The molecule has 6 aromatic rings. The molecule has 0 aliphatic rings. The van der Waals surface area contributed by atoms with E-state index in [0.29, 0.717) is 27.9 Å². The second-order valence-corrected chi connectivity index (χ2v) is 10.7. The van der Waals surface area contributed by atoms with Gasteiger partial charge in [-0.15, -0.1) is 5.10 Å². The lowest BCUT2D eigenvalue weighted by molar-refractivity contribution is -0.124. The summed E-state index contributed by atoms with van der Waals surface area (Å²) in [5, 5.41) is 12.8. The number of fused-ring (bicyclic) bond motifs is 4. The van der Waals surface area contributed by atoms with Gasteiger partial charge in [-0.25, -0.2) is 4.52 Å². The summed E-state index contributed by atoms with van der Waals surface area (Å²) in [4.78, 5) is 31.9. The number of benzene rings is 3. The number of hydrogen-bond donors (Lipinski definition) is 2. The Hall–Kier alpha value is -4.72. The number of carbonyl (C=O) groups is 1. The summed E-state index contributed by atoms with van der Waals surface area (Å²) in [6.45, 7) is 7.74. The zero-order chi connectivity index (χ0) is 26.6. The van der Waals surface area contributed by atoms with Crippen LogP contribution in [0.4, 0.5) is 0 Å². The van der Waals surface area contributed by atoms with Gasteiger partial charge in [0.2, 0.25) is 5.91 Å². The molecule has 0 saturated heterocycles. The molecular weight excluding hydrogens is 476 g/mol. The molecular formula is C30H28N6O2. The molecule has 3 aromatic carbocycles. The minimum absolute atomic E-state index is 0.285. The van der Waals surface area contributed by atoms with E-state index in [1.54, 1.807) is 9.08 Å². The third kappa shape index (κ3) is 3.94. The largest absolute Gasteiger partial charge is 0.356 e. The van der Waals surface area contributed by atoms with E-state index in [2.05, 4.69) is 20.6 Å². The topological polar surface area (TPSA) is 97.1 Å². The minimum Gasteiger partial charge on any atom is -0.356 e. The molecule has 0 aliphatic carbocycles. The van der Waals surface area contributed by atoms with Crippen LogP contribution in [0.15, 0.2) is 83.7 Å². The molecule has 0 aliphatic heterocycles. The fraction of sp³-hybridized carbons (Fsp3) is 0.200. The number of hydrogen-bond acceptors (Lipinski definition) is 4. The van der Waals surface area contributed by atoms with Crippen molar-refractivity contribution in [2.24, 2.45) is 0 Å². The van der Waals surface area contributed by atoms with Crippen LogP contribution in [0, 0.1) is 6.92 Å². The number of carbonyl (C=O) groups excluding carboxylic acids is 1. The predicted octanol–water partition coefficient (Wildman–Crippen LogP) is 5.01. The van der Waals surface area contributed by atoms with Gasteiger partial charge in [0.25, 0.3) is 5.56 Å². The predicted molar refractivity (Wildman–Crippen MR) is 149 cm³/mol. The second kappa shape index (κ2) is 8.69. The first kappa shape index (κ1) is 23.7. The third-order valence-electron chi connectivity index (χ3n) is 6.61. The Labute approximate surface area is 218 Å². The summed E-state index contributed by atoms with van der Waals surface area (Å²) < 4.78 is 3.17. The molecule has 8 heteroatoms. The van der Waals surface area contributed by atoms with Gasteiger partial charge >= 0.3 is 0 Å². The Morgan fingerprint density at radius 2 is 1.68 bits per heavy atom. The van der Waals surface area contributed by atoms with Crippen LogP contribution in [-0.4, -0.2) is 35.8 Å². The molecule has 0 fully saturated rings. The zero-order valence-corrected chi connectivity index (χ0v) is 21.7. The number of amides is 1. The highest BCUT2D eigenvalue weighted by atomic mass is 16.2. The van der Waals surface area contributed by atoms with Crippen molar-refractivity contribution < 1.29 is 4.79 Å². The van der Waals surface area contributed by atoms with Crippen molar-refractivity contribution in [2.45, 2.75) is 39.3 Å². The summed E-state index contributed by atoms with van der Waals surface area (Å²) in [7, 11) is 0. The van der Waals surface area contributed by atoms with Gasteiger partial charge in [-0.2, -0.15) is 0 Å².